The fourth-order valence-corrected chi connectivity index (χ4v) is 9.53. The molecule has 0 bridgehead atoms. The Morgan fingerprint density at radius 2 is 1.26 bits per heavy atom. The zero-order valence-corrected chi connectivity index (χ0v) is 41.8. The summed E-state index contributed by atoms with van der Waals surface area (Å²) in [5.74, 6) is 2.07. The van der Waals surface area contributed by atoms with Gasteiger partial charge in [0.25, 0.3) is 6.33 Å². The number of ether oxygens (including phenoxy) is 1. The zero-order chi connectivity index (χ0) is 57.0. The van der Waals surface area contributed by atoms with Gasteiger partial charge >= 0.3 is 0 Å². The van der Waals surface area contributed by atoms with Crippen molar-refractivity contribution in [3.8, 4) is 68.0 Å². The number of fused-ring (bicyclic) bond motifs is 5. The van der Waals surface area contributed by atoms with Gasteiger partial charge in [-0.05, 0) is 92.8 Å². The molecule has 0 radical (unpaired) electrons. The van der Waals surface area contributed by atoms with Crippen LogP contribution in [0.15, 0.2) is 224 Å². The van der Waals surface area contributed by atoms with Crippen molar-refractivity contribution in [1.82, 2.24) is 23.7 Å². The van der Waals surface area contributed by atoms with Crippen LogP contribution in [0.2, 0.25) is 0 Å². The standard InChI is InChI=1S/C65H46N6O.Pt/c1-65(2,3)47-37-38-66-62(40-47)71-57-31-15-13-27-54(57)55-35-34-51(42-60(55)71)72-50-26-17-25-49(41-50)68-43-69(63-52(44-19-7-4-8-20-44)28-18-29-53(63)45-21-9-5-10-22-45)61-39-46(33-36-59(61)68)64-67-56-30-14-16-32-58(56)70(64)48-23-11-6-12-24-48;/h4-40H,1-3H3;/q-2;/i4D,5D,7D,8D,9D,10D,19D,20D,21D,22D;. The molecule has 0 amide bonds. The summed E-state index contributed by atoms with van der Waals surface area (Å²) in [7, 11) is 0. The summed E-state index contributed by atoms with van der Waals surface area (Å²) in [6.45, 7) is 6.51. The molecule has 0 saturated heterocycles. The molecule has 4 heterocycles. The number of benzene rings is 9. The Bertz CT molecular complexity index is 4650. The Morgan fingerprint density at radius 3 is 2.01 bits per heavy atom. The maximum absolute atomic E-state index is 9.28. The van der Waals surface area contributed by atoms with Gasteiger partial charge in [0.2, 0.25) is 0 Å². The van der Waals surface area contributed by atoms with E-state index >= 15 is 0 Å². The Kier molecular flexibility index (Phi) is 8.99. The number of hydrogen-bond donors (Lipinski definition) is 0. The number of aromatic nitrogens is 6. The Balaban J connectivity index is 0.00000680. The second-order valence-electron chi connectivity index (χ2n) is 18.4. The third-order valence-electron chi connectivity index (χ3n) is 12.9. The molecule has 9 aromatic carbocycles. The molecule has 0 aliphatic carbocycles. The van der Waals surface area contributed by atoms with Crippen molar-refractivity contribution in [2.24, 2.45) is 0 Å². The van der Waals surface area contributed by atoms with Gasteiger partial charge in [0.1, 0.15) is 11.6 Å². The van der Waals surface area contributed by atoms with Gasteiger partial charge in [-0.3, -0.25) is 9.13 Å². The fourth-order valence-electron chi connectivity index (χ4n) is 9.53. The minimum Gasteiger partial charge on any atom is -0.510 e. The molecular weight excluding hydrogens is 1080 g/mol. The predicted octanol–water partition coefficient (Wildman–Crippen LogP) is 15.2. The minimum atomic E-state index is -0.593. The van der Waals surface area contributed by atoms with Gasteiger partial charge < -0.3 is 13.9 Å². The molecule has 13 aromatic rings. The van der Waals surface area contributed by atoms with Crippen LogP contribution in [0.3, 0.4) is 0 Å². The summed E-state index contributed by atoms with van der Waals surface area (Å²) in [5.41, 5.74) is 7.26. The molecule has 73 heavy (non-hydrogen) atoms. The van der Waals surface area contributed by atoms with Crippen LogP contribution in [0.5, 0.6) is 11.5 Å². The van der Waals surface area contributed by atoms with E-state index in [1.165, 1.54) is 0 Å². The molecule has 354 valence electrons. The second kappa shape index (κ2) is 18.5. The Hall–Kier alpha value is -8.64. The van der Waals surface area contributed by atoms with E-state index in [4.69, 9.17) is 22.9 Å². The van der Waals surface area contributed by atoms with Crippen molar-refractivity contribution in [1.29, 1.82) is 0 Å². The summed E-state index contributed by atoms with van der Waals surface area (Å²) in [6.07, 6.45) is 5.35. The molecule has 13 rings (SSSR count). The number of hydrogen-bond acceptors (Lipinski definition) is 3. The van der Waals surface area contributed by atoms with E-state index in [9.17, 15) is 5.48 Å². The summed E-state index contributed by atoms with van der Waals surface area (Å²) in [6, 6.07) is 51.2. The molecule has 4 aromatic heterocycles. The van der Waals surface area contributed by atoms with Crippen LogP contribution in [-0.2, 0) is 26.5 Å². The Labute approximate surface area is 452 Å². The summed E-state index contributed by atoms with van der Waals surface area (Å²) < 4.78 is 104. The maximum atomic E-state index is 9.28. The van der Waals surface area contributed by atoms with E-state index in [0.717, 1.165) is 49.9 Å². The van der Waals surface area contributed by atoms with Crippen LogP contribution in [0.25, 0.3) is 100 Å². The quantitative estimate of drug-likeness (QED) is 0.107. The van der Waals surface area contributed by atoms with Crippen LogP contribution < -0.4 is 9.30 Å². The van der Waals surface area contributed by atoms with Crippen molar-refractivity contribution in [3.05, 3.63) is 248 Å². The molecule has 8 heteroatoms. The average Bonchev–Trinajstić information content (AvgIpc) is 4.20. The fraction of sp³-hybridized carbons (Fsp3) is 0.0615. The van der Waals surface area contributed by atoms with Crippen molar-refractivity contribution in [2.45, 2.75) is 26.2 Å². The van der Waals surface area contributed by atoms with Crippen molar-refractivity contribution in [3.63, 3.8) is 0 Å². The first-order chi connectivity index (χ1) is 39.5. The minimum absolute atomic E-state index is 0. The van der Waals surface area contributed by atoms with E-state index in [2.05, 4.69) is 66.6 Å². The van der Waals surface area contributed by atoms with E-state index in [1.807, 2.05) is 121 Å². The number of pyridine rings is 1. The predicted molar refractivity (Wildman–Crippen MR) is 290 cm³/mol. The van der Waals surface area contributed by atoms with Gasteiger partial charge in [0.15, 0.2) is 0 Å². The van der Waals surface area contributed by atoms with Crippen LogP contribution in [0.4, 0.5) is 0 Å². The molecule has 0 unspecified atom stereocenters. The van der Waals surface area contributed by atoms with E-state index < -0.39 is 60.4 Å². The van der Waals surface area contributed by atoms with Crippen LogP contribution in [-0.4, -0.2) is 23.7 Å². The maximum Gasteiger partial charge on any atom is 0.268 e. The molecule has 0 aliphatic rings. The van der Waals surface area contributed by atoms with E-state index in [0.29, 0.717) is 39.6 Å². The third kappa shape index (κ3) is 8.12. The molecule has 0 saturated carbocycles. The van der Waals surface area contributed by atoms with Crippen molar-refractivity contribution >= 4 is 43.9 Å². The van der Waals surface area contributed by atoms with Gasteiger partial charge in [0.05, 0.1) is 41.5 Å². The van der Waals surface area contributed by atoms with E-state index in [1.54, 1.807) is 33.4 Å². The smallest absolute Gasteiger partial charge is 0.268 e. The summed E-state index contributed by atoms with van der Waals surface area (Å²) in [4.78, 5) is 10.0. The van der Waals surface area contributed by atoms with Gasteiger partial charge in [-0.25, -0.2) is 9.97 Å². The SMILES string of the molecule is [2H]c1c([2H])c([2H])c(-c2cccc(-c3c([2H])c([2H])c([2H])c([2H])c3[2H])c2-[n+]2[c-]n(-c3[c-]c(Oc4[c-]c5c(cc4)c4ccccc4n5-c4cc(C(C)(C)C)ccn4)ccc3)c3ccc(-c4nc5ccccc5n4-c4ccccc4)cc32)c([2H])c1[2H].[Pt]. The van der Waals surface area contributed by atoms with Crippen LogP contribution >= 0.6 is 0 Å². The largest absolute Gasteiger partial charge is 0.510 e. The summed E-state index contributed by atoms with van der Waals surface area (Å²) >= 11 is 0. The monoisotopic (exact) mass is 1130 g/mol. The van der Waals surface area contributed by atoms with Crippen molar-refractivity contribution in [2.75, 3.05) is 0 Å². The number of para-hydroxylation sites is 5. The molecule has 0 fully saturated rings. The molecule has 0 aliphatic heterocycles. The van der Waals surface area contributed by atoms with Gasteiger partial charge in [-0.1, -0.05) is 166 Å². The zero-order valence-electron chi connectivity index (χ0n) is 49.5. The molecule has 0 N–H and O–H groups in total. The first-order valence-corrected chi connectivity index (χ1v) is 23.4. The molecule has 0 atom stereocenters. The Morgan fingerprint density at radius 1 is 0.575 bits per heavy atom. The van der Waals surface area contributed by atoms with Crippen molar-refractivity contribution < 1.29 is 44.1 Å². The average molecular weight is 1130 g/mol. The van der Waals surface area contributed by atoms with Gasteiger partial charge in [0, 0.05) is 55.5 Å². The molecule has 0 spiro atoms. The second-order valence-corrected chi connectivity index (χ2v) is 18.4. The third-order valence-corrected chi connectivity index (χ3v) is 12.9. The molecular formula is C65H46N6OPt-2. The normalized spacial score (nSPS) is 13.6. The number of imidazole rings is 2. The summed E-state index contributed by atoms with van der Waals surface area (Å²) in [5, 5.41) is 2.00. The topological polar surface area (TPSA) is 53.7 Å². The first-order valence-electron chi connectivity index (χ1n) is 28.4. The van der Waals surface area contributed by atoms with Crippen LogP contribution in [0.1, 0.15) is 40.0 Å². The van der Waals surface area contributed by atoms with Gasteiger partial charge in [-0.15, -0.1) is 29.7 Å². The van der Waals surface area contributed by atoms with E-state index in [-0.39, 0.29) is 54.4 Å². The first kappa shape index (κ1) is 35.5. The number of nitrogens with zero attached hydrogens (tertiary/aromatic N) is 6. The molecule has 7 nitrogen and oxygen atoms in total. The van der Waals surface area contributed by atoms with Gasteiger partial charge in [-0.2, -0.15) is 18.2 Å². The van der Waals surface area contributed by atoms with Crippen LogP contribution in [0, 0.1) is 18.5 Å². The number of rotatable bonds is 9.